The zero-order valence-electron chi connectivity index (χ0n) is 16.6. The van der Waals surface area contributed by atoms with Gasteiger partial charge in [0, 0.05) is 6.04 Å². The molecule has 1 fully saturated rings. The van der Waals surface area contributed by atoms with Gasteiger partial charge >= 0.3 is 12.1 Å². The molecule has 5 nitrogen and oxygen atoms in total. The Morgan fingerprint density at radius 2 is 1.67 bits per heavy atom. The van der Waals surface area contributed by atoms with Crippen molar-refractivity contribution in [2.45, 2.75) is 44.4 Å². The Kier molecular flexibility index (Phi) is 6.87. The third kappa shape index (κ3) is 5.44. The van der Waals surface area contributed by atoms with Crippen LogP contribution in [0.25, 0.3) is 0 Å². The summed E-state index contributed by atoms with van der Waals surface area (Å²) in [6.07, 6.45) is -2.01. The summed E-state index contributed by atoms with van der Waals surface area (Å²) in [4.78, 5) is 13.4. The molecule has 1 aliphatic heterocycles. The third-order valence-corrected chi connectivity index (χ3v) is 5.18. The Morgan fingerprint density at radius 3 is 2.20 bits per heavy atom. The smallest absolute Gasteiger partial charge is 0.416 e. The van der Waals surface area contributed by atoms with Crippen molar-refractivity contribution in [3.63, 3.8) is 0 Å². The molecule has 0 amide bonds. The Bertz CT molecular complexity index is 837. The number of hydrogen-bond donors (Lipinski definition) is 1. The van der Waals surface area contributed by atoms with Gasteiger partial charge in [0.2, 0.25) is 0 Å². The fourth-order valence-corrected chi connectivity index (χ4v) is 3.64. The summed E-state index contributed by atoms with van der Waals surface area (Å²) in [6.45, 7) is 3.01. The van der Waals surface area contributed by atoms with Crippen molar-refractivity contribution >= 4 is 5.97 Å². The van der Waals surface area contributed by atoms with E-state index in [1.165, 1.54) is 12.1 Å². The quantitative estimate of drug-likeness (QED) is 0.632. The van der Waals surface area contributed by atoms with Gasteiger partial charge in [0.1, 0.15) is 29.9 Å². The first kappa shape index (κ1) is 22.0. The van der Waals surface area contributed by atoms with E-state index in [0.29, 0.717) is 30.3 Å². The first-order valence-corrected chi connectivity index (χ1v) is 9.84. The maximum atomic E-state index is 12.6. The van der Waals surface area contributed by atoms with Crippen molar-refractivity contribution < 1.29 is 32.5 Å². The number of aliphatic carboxylic acids is 1. The highest BCUT2D eigenvalue weighted by molar-refractivity contribution is 5.73. The number of carboxylic acid groups (broad SMARTS) is 1. The van der Waals surface area contributed by atoms with E-state index < -0.39 is 23.8 Å². The molecule has 1 saturated heterocycles. The number of rotatable bonds is 8. The maximum Gasteiger partial charge on any atom is 0.416 e. The average molecular weight is 423 g/mol. The number of carbonyl (C=O) groups is 1. The van der Waals surface area contributed by atoms with Crippen LogP contribution in [0.1, 0.15) is 31.7 Å². The number of hydrogen-bond acceptors (Lipinski definition) is 4. The Labute approximate surface area is 173 Å². The van der Waals surface area contributed by atoms with Gasteiger partial charge in [-0.1, -0.05) is 6.92 Å². The number of ether oxygens (including phenoxy) is 2. The van der Waals surface area contributed by atoms with Gasteiger partial charge in [0.05, 0.1) is 5.56 Å². The second-order valence-corrected chi connectivity index (χ2v) is 7.20. The molecule has 1 N–H and O–H groups in total. The van der Waals surface area contributed by atoms with E-state index in [-0.39, 0.29) is 6.04 Å². The number of carboxylic acids is 1. The molecule has 2 atom stereocenters. The number of likely N-dealkylation sites (tertiary alicyclic amines) is 1. The lowest BCUT2D eigenvalue weighted by molar-refractivity contribution is -0.144. The van der Waals surface area contributed by atoms with Crippen LogP contribution in [-0.2, 0) is 11.0 Å². The molecule has 0 radical (unpaired) electrons. The molecule has 3 rings (SSSR count). The summed E-state index contributed by atoms with van der Waals surface area (Å²) >= 11 is 0. The summed E-state index contributed by atoms with van der Waals surface area (Å²) in [7, 11) is 0. The van der Waals surface area contributed by atoms with Crippen molar-refractivity contribution in [2.75, 3.05) is 13.2 Å². The van der Waals surface area contributed by atoms with Crippen molar-refractivity contribution in [1.82, 2.24) is 4.90 Å². The standard InChI is InChI=1S/C22H24F3NO4/c1-2-20(21(27)28)26-13-3-4-16(26)14-29-17-9-11-19(12-10-17)30-18-7-5-15(6-8-18)22(23,24)25/h5-12,16,20H,2-4,13-14H2,1H3,(H,27,28)/t16-,20?/m0/s1. The summed E-state index contributed by atoms with van der Waals surface area (Å²) in [5.41, 5.74) is -0.729. The van der Waals surface area contributed by atoms with Crippen molar-refractivity contribution in [1.29, 1.82) is 0 Å². The van der Waals surface area contributed by atoms with Gasteiger partial charge < -0.3 is 14.6 Å². The van der Waals surface area contributed by atoms with E-state index in [1.54, 1.807) is 24.3 Å². The molecule has 0 aromatic heterocycles. The number of alkyl halides is 3. The fraction of sp³-hybridized carbons (Fsp3) is 0.409. The van der Waals surface area contributed by atoms with Crippen LogP contribution < -0.4 is 9.47 Å². The van der Waals surface area contributed by atoms with Crippen LogP contribution in [-0.4, -0.2) is 41.2 Å². The van der Waals surface area contributed by atoms with Gasteiger partial charge in [-0.15, -0.1) is 0 Å². The Hall–Kier alpha value is -2.74. The topological polar surface area (TPSA) is 59.0 Å². The van der Waals surface area contributed by atoms with Crippen molar-refractivity contribution in [2.24, 2.45) is 0 Å². The summed E-state index contributed by atoms with van der Waals surface area (Å²) < 4.78 is 49.3. The SMILES string of the molecule is CCC(C(=O)O)N1CCC[C@H]1COc1ccc(Oc2ccc(C(F)(F)F)cc2)cc1. The second kappa shape index (κ2) is 9.38. The van der Waals surface area contributed by atoms with Gasteiger partial charge in [-0.05, 0) is 74.3 Å². The number of nitrogens with zero attached hydrogens (tertiary/aromatic N) is 1. The first-order valence-electron chi connectivity index (χ1n) is 9.84. The van der Waals surface area contributed by atoms with Crippen molar-refractivity contribution in [3.05, 3.63) is 54.1 Å². The van der Waals surface area contributed by atoms with Gasteiger partial charge in [-0.3, -0.25) is 9.69 Å². The van der Waals surface area contributed by atoms with E-state index in [0.717, 1.165) is 31.5 Å². The normalized spacial score (nSPS) is 18.2. The molecule has 162 valence electrons. The molecule has 0 saturated carbocycles. The molecular weight excluding hydrogens is 399 g/mol. The van der Waals surface area contributed by atoms with Crippen LogP contribution in [0.5, 0.6) is 17.2 Å². The van der Waals surface area contributed by atoms with Gasteiger partial charge in [-0.2, -0.15) is 13.2 Å². The molecule has 0 bridgehead atoms. The highest BCUT2D eigenvalue weighted by Crippen LogP contribution is 2.32. The van der Waals surface area contributed by atoms with Crippen molar-refractivity contribution in [3.8, 4) is 17.2 Å². The van der Waals surface area contributed by atoms with E-state index in [1.807, 2.05) is 11.8 Å². The molecule has 1 aliphatic rings. The molecule has 8 heteroatoms. The minimum atomic E-state index is -4.38. The lowest BCUT2D eigenvalue weighted by Crippen LogP contribution is -2.45. The summed E-state index contributed by atoms with van der Waals surface area (Å²) in [6, 6.07) is 10.8. The molecule has 0 spiro atoms. The predicted octanol–water partition coefficient (Wildman–Crippen LogP) is 5.20. The third-order valence-electron chi connectivity index (χ3n) is 5.18. The fourth-order valence-electron chi connectivity index (χ4n) is 3.64. The van der Waals surface area contributed by atoms with Crippen LogP contribution in [0, 0.1) is 0 Å². The van der Waals surface area contributed by atoms with E-state index in [4.69, 9.17) is 9.47 Å². The average Bonchev–Trinajstić information content (AvgIpc) is 3.16. The van der Waals surface area contributed by atoms with E-state index in [2.05, 4.69) is 0 Å². The first-order chi connectivity index (χ1) is 14.3. The van der Waals surface area contributed by atoms with E-state index >= 15 is 0 Å². The molecule has 2 aromatic rings. The predicted molar refractivity (Wildman–Crippen MR) is 105 cm³/mol. The van der Waals surface area contributed by atoms with Crippen LogP contribution in [0.15, 0.2) is 48.5 Å². The maximum absolute atomic E-state index is 12.6. The summed E-state index contributed by atoms with van der Waals surface area (Å²) in [5, 5.41) is 9.39. The zero-order valence-corrected chi connectivity index (χ0v) is 16.6. The monoisotopic (exact) mass is 423 g/mol. The lowest BCUT2D eigenvalue weighted by atomic mass is 10.1. The van der Waals surface area contributed by atoms with E-state index in [9.17, 15) is 23.1 Å². The Balaban J connectivity index is 1.55. The highest BCUT2D eigenvalue weighted by Gasteiger charge is 2.34. The zero-order chi connectivity index (χ0) is 21.7. The molecule has 0 aliphatic carbocycles. The number of halogens is 3. The summed E-state index contributed by atoms with van der Waals surface area (Å²) in [5.74, 6) is 0.582. The van der Waals surface area contributed by atoms with Gasteiger partial charge in [0.15, 0.2) is 0 Å². The minimum Gasteiger partial charge on any atom is -0.492 e. The molecule has 1 unspecified atom stereocenters. The van der Waals surface area contributed by atoms with Crippen LogP contribution >= 0.6 is 0 Å². The van der Waals surface area contributed by atoms with Gasteiger partial charge in [0.25, 0.3) is 0 Å². The molecule has 1 heterocycles. The second-order valence-electron chi connectivity index (χ2n) is 7.20. The van der Waals surface area contributed by atoms with Crippen LogP contribution in [0.2, 0.25) is 0 Å². The molecular formula is C22H24F3NO4. The van der Waals surface area contributed by atoms with Crippen LogP contribution in [0.3, 0.4) is 0 Å². The minimum absolute atomic E-state index is 0.0501. The van der Waals surface area contributed by atoms with Crippen LogP contribution in [0.4, 0.5) is 13.2 Å². The lowest BCUT2D eigenvalue weighted by Gasteiger charge is -2.29. The largest absolute Gasteiger partial charge is 0.492 e. The highest BCUT2D eigenvalue weighted by atomic mass is 19.4. The van der Waals surface area contributed by atoms with Gasteiger partial charge in [-0.25, -0.2) is 0 Å². The molecule has 30 heavy (non-hydrogen) atoms. The molecule has 2 aromatic carbocycles. The number of benzene rings is 2. The Morgan fingerprint density at radius 1 is 1.10 bits per heavy atom.